The first kappa shape index (κ1) is 29.8. The zero-order chi connectivity index (χ0) is 31.1. The van der Waals surface area contributed by atoms with Crippen molar-refractivity contribution in [2.24, 2.45) is 0 Å². The lowest BCUT2D eigenvalue weighted by Gasteiger charge is -2.33. The maximum atomic E-state index is 13.5. The van der Waals surface area contributed by atoms with Crippen LogP contribution in [0.15, 0.2) is 113 Å². The van der Waals surface area contributed by atoms with Crippen molar-refractivity contribution in [3.05, 3.63) is 141 Å². The monoisotopic (exact) mass is 594 g/mol. The minimum Gasteiger partial charge on any atom is -0.459 e. The Bertz CT molecular complexity index is 1830. The number of carbonyl (C=O) groups is 3. The Hall–Kier alpha value is -5.73. The summed E-state index contributed by atoms with van der Waals surface area (Å²) in [4.78, 5) is 66.9. The van der Waals surface area contributed by atoms with Crippen molar-refractivity contribution in [1.82, 2.24) is 9.55 Å². The molecule has 11 heteroatoms. The van der Waals surface area contributed by atoms with E-state index in [-0.39, 0.29) is 16.7 Å². The Morgan fingerprint density at radius 1 is 0.818 bits per heavy atom. The maximum Gasteiger partial charge on any atom is 0.339 e. The molecule has 0 bridgehead atoms. The Kier molecular flexibility index (Phi) is 8.83. The number of aromatic amines is 1. The molecule has 1 saturated heterocycles. The summed E-state index contributed by atoms with van der Waals surface area (Å²) >= 11 is 0. The summed E-state index contributed by atoms with van der Waals surface area (Å²) < 4.78 is 24.7. The van der Waals surface area contributed by atoms with Gasteiger partial charge >= 0.3 is 23.6 Å². The summed E-state index contributed by atoms with van der Waals surface area (Å²) in [5, 5.41) is 0. The van der Waals surface area contributed by atoms with Crippen LogP contribution in [0.3, 0.4) is 0 Å². The highest BCUT2D eigenvalue weighted by Crippen LogP contribution is 2.43. The van der Waals surface area contributed by atoms with E-state index in [2.05, 4.69) is 16.8 Å². The van der Waals surface area contributed by atoms with Gasteiger partial charge in [-0.15, -0.1) is 5.92 Å². The molecule has 1 aliphatic heterocycles. The van der Waals surface area contributed by atoms with Crippen LogP contribution < -0.4 is 11.2 Å². The lowest BCUT2D eigenvalue weighted by atomic mass is 9.93. The Labute approximate surface area is 251 Å². The molecule has 2 heterocycles. The van der Waals surface area contributed by atoms with Crippen LogP contribution in [0.5, 0.6) is 0 Å². The van der Waals surface area contributed by atoms with E-state index in [1.54, 1.807) is 66.7 Å². The Morgan fingerprint density at radius 2 is 1.36 bits per heavy atom. The molecule has 1 fully saturated rings. The second kappa shape index (κ2) is 13.1. The zero-order valence-corrected chi connectivity index (χ0v) is 23.4. The number of benzene rings is 3. The van der Waals surface area contributed by atoms with Crippen LogP contribution in [0, 0.1) is 11.8 Å². The van der Waals surface area contributed by atoms with Crippen molar-refractivity contribution in [3.8, 4) is 11.8 Å². The minimum absolute atomic E-state index is 0.143. The van der Waals surface area contributed by atoms with Crippen LogP contribution >= 0.6 is 0 Å². The van der Waals surface area contributed by atoms with E-state index in [1.165, 1.54) is 31.2 Å². The predicted octanol–water partition coefficient (Wildman–Crippen LogP) is 3.14. The molecule has 44 heavy (non-hydrogen) atoms. The van der Waals surface area contributed by atoms with Gasteiger partial charge in [-0.3, -0.25) is 14.3 Å². The molecule has 0 spiro atoms. The van der Waals surface area contributed by atoms with Gasteiger partial charge in [-0.05, 0) is 49.2 Å². The smallest absolute Gasteiger partial charge is 0.339 e. The van der Waals surface area contributed by atoms with Gasteiger partial charge in [0, 0.05) is 12.3 Å². The summed E-state index contributed by atoms with van der Waals surface area (Å²) in [5.74, 6) is 3.15. The number of nitrogens with zero attached hydrogens (tertiary/aromatic N) is 1. The average Bonchev–Trinajstić information content (AvgIpc) is 3.32. The molecular formula is C33H26N2O9. The third kappa shape index (κ3) is 6.21. The quantitative estimate of drug-likeness (QED) is 0.185. The summed E-state index contributed by atoms with van der Waals surface area (Å²) in [7, 11) is 0. The zero-order valence-electron chi connectivity index (χ0n) is 23.4. The SMILES string of the molecule is CC#C[C@@]1(OC(=O)c2ccccc2)[C@H](OC(=O)c2ccccc2)[C@@H](COC(=O)c2ccccc2)O[C@H]1n1ccc(=O)[nH]c1=O. The molecule has 1 N–H and O–H groups in total. The van der Waals surface area contributed by atoms with Gasteiger partial charge in [0.25, 0.3) is 11.2 Å². The standard InChI is InChI=1S/C33H26N2O9/c1-2-19-33(44-30(39)24-16-10-5-11-17-24)27(43-29(38)23-14-8-4-9-15-23)25(21-41-28(37)22-12-6-3-7-13-22)42-31(33)35-20-18-26(36)34-32(35)40/h3-18,20,25,27,31H,21H2,1H3,(H,34,36,40)/t25-,27-,31-,33-/m1/s1. The second-order valence-electron chi connectivity index (χ2n) is 9.62. The van der Waals surface area contributed by atoms with E-state index in [0.29, 0.717) is 0 Å². The largest absolute Gasteiger partial charge is 0.459 e. The minimum atomic E-state index is -2.15. The van der Waals surface area contributed by atoms with Crippen molar-refractivity contribution in [2.75, 3.05) is 6.61 Å². The molecule has 1 aliphatic rings. The summed E-state index contributed by atoms with van der Waals surface area (Å²) in [5.41, 5.74) is -3.17. The van der Waals surface area contributed by atoms with Gasteiger partial charge in [0.2, 0.25) is 0 Å². The van der Waals surface area contributed by atoms with Crippen LogP contribution in [0.25, 0.3) is 0 Å². The normalized spacial score (nSPS) is 20.5. The first-order valence-corrected chi connectivity index (χ1v) is 13.5. The van der Waals surface area contributed by atoms with Crippen LogP contribution in [0.1, 0.15) is 44.2 Å². The predicted molar refractivity (Wildman–Crippen MR) is 156 cm³/mol. The molecule has 0 unspecified atom stereocenters. The van der Waals surface area contributed by atoms with Crippen molar-refractivity contribution < 1.29 is 33.3 Å². The third-order valence-corrected chi connectivity index (χ3v) is 6.76. The molecule has 4 atom stereocenters. The van der Waals surface area contributed by atoms with Crippen LogP contribution in [-0.4, -0.2) is 51.9 Å². The van der Waals surface area contributed by atoms with Gasteiger partial charge in [0.15, 0.2) is 12.3 Å². The van der Waals surface area contributed by atoms with Crippen molar-refractivity contribution >= 4 is 17.9 Å². The highest BCUT2D eigenvalue weighted by molar-refractivity contribution is 5.91. The third-order valence-electron chi connectivity index (χ3n) is 6.76. The summed E-state index contributed by atoms with van der Waals surface area (Å²) in [6, 6.07) is 25.3. The highest BCUT2D eigenvalue weighted by atomic mass is 16.7. The van der Waals surface area contributed by atoms with E-state index < -0.39 is 59.8 Å². The molecular weight excluding hydrogens is 568 g/mol. The lowest BCUT2D eigenvalue weighted by molar-refractivity contribution is -0.0897. The number of rotatable bonds is 8. The number of hydrogen-bond donors (Lipinski definition) is 1. The molecule has 5 rings (SSSR count). The summed E-state index contributed by atoms with van der Waals surface area (Å²) in [6.07, 6.45) is -3.23. The first-order valence-electron chi connectivity index (χ1n) is 13.5. The van der Waals surface area contributed by atoms with Gasteiger partial charge < -0.3 is 18.9 Å². The van der Waals surface area contributed by atoms with Crippen LogP contribution in [-0.2, 0) is 18.9 Å². The number of ether oxygens (including phenoxy) is 4. The summed E-state index contributed by atoms with van der Waals surface area (Å²) in [6.45, 7) is 0.981. The number of H-pyrrole nitrogens is 1. The van der Waals surface area contributed by atoms with Crippen LogP contribution in [0.2, 0.25) is 0 Å². The topological polar surface area (TPSA) is 143 Å². The molecule has 3 aromatic carbocycles. The highest BCUT2D eigenvalue weighted by Gasteiger charge is 2.63. The van der Waals surface area contributed by atoms with E-state index in [1.807, 2.05) is 0 Å². The molecule has 4 aromatic rings. The Balaban J connectivity index is 1.62. The fraction of sp³-hybridized carbons (Fsp3) is 0.182. The average molecular weight is 595 g/mol. The molecule has 0 radical (unpaired) electrons. The van der Waals surface area contributed by atoms with Gasteiger partial charge in [-0.25, -0.2) is 19.2 Å². The molecule has 11 nitrogen and oxygen atoms in total. The van der Waals surface area contributed by atoms with Gasteiger partial charge in [0.1, 0.15) is 12.7 Å². The maximum absolute atomic E-state index is 13.5. The fourth-order valence-electron chi connectivity index (χ4n) is 4.75. The number of nitrogens with one attached hydrogen (secondary N) is 1. The fourth-order valence-corrected chi connectivity index (χ4v) is 4.75. The van der Waals surface area contributed by atoms with E-state index in [9.17, 15) is 24.0 Å². The van der Waals surface area contributed by atoms with Gasteiger partial charge in [-0.2, -0.15) is 0 Å². The van der Waals surface area contributed by atoms with Gasteiger partial charge in [0.05, 0.1) is 16.7 Å². The van der Waals surface area contributed by atoms with E-state index in [4.69, 9.17) is 18.9 Å². The van der Waals surface area contributed by atoms with E-state index in [0.717, 1.165) is 16.8 Å². The molecule has 222 valence electrons. The van der Waals surface area contributed by atoms with Gasteiger partial charge in [-0.1, -0.05) is 54.6 Å². The second-order valence-corrected chi connectivity index (χ2v) is 9.62. The molecule has 0 amide bonds. The number of aromatic nitrogens is 2. The Morgan fingerprint density at radius 3 is 1.91 bits per heavy atom. The molecule has 0 saturated carbocycles. The number of carbonyl (C=O) groups excluding carboxylic acids is 3. The molecule has 0 aliphatic carbocycles. The van der Waals surface area contributed by atoms with Crippen molar-refractivity contribution in [1.29, 1.82) is 0 Å². The number of hydrogen-bond acceptors (Lipinski definition) is 9. The first-order chi connectivity index (χ1) is 21.3. The number of esters is 3. The van der Waals surface area contributed by atoms with E-state index >= 15 is 0 Å². The molecule has 1 aromatic heterocycles. The lowest BCUT2D eigenvalue weighted by Crippen LogP contribution is -2.53. The van der Waals surface area contributed by atoms with Crippen molar-refractivity contribution in [2.45, 2.75) is 31.0 Å². The van der Waals surface area contributed by atoms with Crippen LogP contribution in [0.4, 0.5) is 0 Å². The van der Waals surface area contributed by atoms with Crippen molar-refractivity contribution in [3.63, 3.8) is 0 Å².